The van der Waals surface area contributed by atoms with E-state index >= 15 is 0 Å². The Morgan fingerprint density at radius 1 is 1.00 bits per heavy atom. The third kappa shape index (κ3) is 2.36. The number of rotatable bonds is 3. The maximum Gasteiger partial charge on any atom is 0.125 e. The molecule has 0 radical (unpaired) electrons. The van der Waals surface area contributed by atoms with Crippen molar-refractivity contribution in [3.63, 3.8) is 0 Å². The largest absolute Gasteiger partial charge is 0.401 e. The topological polar surface area (TPSA) is 43.1 Å². The van der Waals surface area contributed by atoms with Crippen LogP contribution in [0.5, 0.6) is 0 Å². The molecule has 140 valence electrons. The highest BCUT2D eigenvalue weighted by molar-refractivity contribution is 7.74. The summed E-state index contributed by atoms with van der Waals surface area (Å²) in [6.07, 6.45) is 2.96. The maximum absolute atomic E-state index is 14.7. The van der Waals surface area contributed by atoms with Crippen LogP contribution in [0.15, 0.2) is 66.4 Å². The van der Waals surface area contributed by atoms with Gasteiger partial charge in [-0.1, -0.05) is 74.5 Å². The van der Waals surface area contributed by atoms with Crippen molar-refractivity contribution in [3.05, 3.63) is 77.5 Å². The highest BCUT2D eigenvalue weighted by Crippen LogP contribution is 2.79. The van der Waals surface area contributed by atoms with Crippen LogP contribution in [0.2, 0.25) is 0 Å². The summed E-state index contributed by atoms with van der Waals surface area (Å²) in [5.74, 6) is 1.55. The Labute approximate surface area is 162 Å². The molecule has 6 rings (SSSR count). The van der Waals surface area contributed by atoms with Gasteiger partial charge in [0.15, 0.2) is 0 Å². The van der Waals surface area contributed by atoms with Crippen LogP contribution in [0.1, 0.15) is 37.8 Å². The quantitative estimate of drug-likeness (QED) is 0.673. The van der Waals surface area contributed by atoms with Crippen LogP contribution in [0.3, 0.4) is 0 Å². The number of hydrogen-bond acceptors (Lipinski definition) is 2. The second-order valence-corrected chi connectivity index (χ2v) is 12.3. The molecule has 0 amide bonds. The van der Waals surface area contributed by atoms with Gasteiger partial charge >= 0.3 is 0 Å². The van der Waals surface area contributed by atoms with E-state index in [2.05, 4.69) is 38.1 Å². The average molecular weight is 377 g/mol. The molecule has 3 fully saturated rings. The van der Waals surface area contributed by atoms with Gasteiger partial charge in [-0.25, -0.2) is 0 Å². The summed E-state index contributed by atoms with van der Waals surface area (Å²) < 4.78 is 14.7. The van der Waals surface area contributed by atoms with Crippen LogP contribution in [0.25, 0.3) is 5.31 Å². The molecule has 2 aromatic carbocycles. The molecule has 2 nitrogen and oxygen atoms in total. The molecule has 1 heterocycles. The Hall–Kier alpha value is -1.79. The van der Waals surface area contributed by atoms with Gasteiger partial charge < -0.3 is 10.3 Å². The molecule has 0 aromatic heterocycles. The minimum Gasteiger partial charge on any atom is -0.401 e. The Morgan fingerprint density at radius 2 is 1.63 bits per heavy atom. The predicted octanol–water partition coefficient (Wildman–Crippen LogP) is 5.94. The zero-order valence-electron chi connectivity index (χ0n) is 16.1. The van der Waals surface area contributed by atoms with Crippen molar-refractivity contribution in [2.45, 2.75) is 38.5 Å². The van der Waals surface area contributed by atoms with E-state index in [9.17, 15) is 4.57 Å². The molecule has 4 aliphatic rings. The maximum atomic E-state index is 14.7. The van der Waals surface area contributed by atoms with Crippen LogP contribution in [-0.4, -0.2) is 5.66 Å². The SMILES string of the molecule is CC1(C)[C@@H]2C[C@@H]3[C@@H](C(N)=C(c4ccccc4)[P@]3(=O)Cc3ccccc3)[C@@H]1C2. The molecule has 27 heavy (non-hydrogen) atoms. The third-order valence-corrected chi connectivity index (χ3v) is 11.5. The summed E-state index contributed by atoms with van der Waals surface area (Å²) >= 11 is 0. The number of benzene rings is 2. The summed E-state index contributed by atoms with van der Waals surface area (Å²) in [5, 5.41) is 0.991. The van der Waals surface area contributed by atoms with Crippen LogP contribution in [-0.2, 0) is 10.7 Å². The molecule has 2 aromatic rings. The van der Waals surface area contributed by atoms with E-state index in [1.54, 1.807) is 0 Å². The van der Waals surface area contributed by atoms with Crippen LogP contribution in [0.4, 0.5) is 0 Å². The molecular formula is C24H28NOP. The molecule has 1 aliphatic heterocycles. The first-order chi connectivity index (χ1) is 12.9. The number of nitrogens with two attached hydrogens (primary N) is 1. The molecule has 3 aliphatic carbocycles. The van der Waals surface area contributed by atoms with Gasteiger partial charge in [-0.15, -0.1) is 0 Å². The second-order valence-electron chi connectivity index (χ2n) is 9.30. The van der Waals surface area contributed by atoms with Crippen molar-refractivity contribution in [2.24, 2.45) is 28.9 Å². The molecule has 2 N–H and O–H groups in total. The molecule has 0 saturated heterocycles. The zero-order valence-corrected chi connectivity index (χ0v) is 17.0. The minimum absolute atomic E-state index is 0.227. The first kappa shape index (κ1) is 17.3. The van der Waals surface area contributed by atoms with Gasteiger partial charge in [0.05, 0.1) is 0 Å². The van der Waals surface area contributed by atoms with Gasteiger partial charge in [0.2, 0.25) is 0 Å². The normalized spacial score (nSPS) is 36.2. The predicted molar refractivity (Wildman–Crippen MR) is 113 cm³/mol. The molecule has 3 heteroatoms. The van der Waals surface area contributed by atoms with Crippen molar-refractivity contribution in [3.8, 4) is 0 Å². The van der Waals surface area contributed by atoms with E-state index < -0.39 is 7.14 Å². The van der Waals surface area contributed by atoms with Crippen molar-refractivity contribution in [1.82, 2.24) is 0 Å². The fraction of sp³-hybridized carbons (Fsp3) is 0.417. The van der Waals surface area contributed by atoms with Gasteiger partial charge in [-0.05, 0) is 41.2 Å². The Morgan fingerprint density at radius 3 is 2.26 bits per heavy atom. The summed E-state index contributed by atoms with van der Waals surface area (Å²) in [5.41, 5.74) is 10.6. The highest BCUT2D eigenvalue weighted by Gasteiger charge is 2.65. The Kier molecular flexibility index (Phi) is 3.75. The van der Waals surface area contributed by atoms with E-state index in [0.29, 0.717) is 23.4 Å². The lowest BCUT2D eigenvalue weighted by Gasteiger charge is -2.62. The summed E-state index contributed by atoms with van der Waals surface area (Å²) in [7, 11) is -2.62. The van der Waals surface area contributed by atoms with E-state index in [1.165, 1.54) is 12.0 Å². The van der Waals surface area contributed by atoms with E-state index in [1.807, 2.05) is 36.4 Å². The van der Waals surface area contributed by atoms with Crippen LogP contribution in [0, 0.1) is 23.2 Å². The standard InChI is InChI=1S/C24H28NOP/c1-24(2)18-13-19(24)21-20(14-18)27(26,15-16-9-5-3-6-10-16)23(22(21)25)17-11-7-4-8-12-17/h3-12,18-21H,13-15,25H2,1-2H3/t18-,19-,20+,21-,27-/m0/s1. The van der Waals surface area contributed by atoms with Gasteiger partial charge in [0, 0.05) is 28.8 Å². The molecule has 3 saturated carbocycles. The summed E-state index contributed by atoms with van der Waals surface area (Å²) in [4.78, 5) is 0. The monoisotopic (exact) mass is 377 g/mol. The molecule has 0 spiro atoms. The smallest absolute Gasteiger partial charge is 0.125 e. The molecular weight excluding hydrogens is 349 g/mol. The highest BCUT2D eigenvalue weighted by atomic mass is 31.2. The van der Waals surface area contributed by atoms with Gasteiger partial charge in [0.1, 0.15) is 7.14 Å². The van der Waals surface area contributed by atoms with Crippen molar-refractivity contribution < 1.29 is 4.57 Å². The Balaban J connectivity index is 1.65. The lowest BCUT2D eigenvalue weighted by molar-refractivity contribution is -0.0903. The van der Waals surface area contributed by atoms with Gasteiger partial charge in [0.25, 0.3) is 0 Å². The first-order valence-electron chi connectivity index (χ1n) is 10.1. The van der Waals surface area contributed by atoms with Crippen molar-refractivity contribution in [1.29, 1.82) is 0 Å². The van der Waals surface area contributed by atoms with Crippen LogP contribution < -0.4 is 5.73 Å². The zero-order chi connectivity index (χ0) is 18.8. The lowest BCUT2D eigenvalue weighted by atomic mass is 9.45. The minimum atomic E-state index is -2.62. The van der Waals surface area contributed by atoms with E-state index in [0.717, 1.165) is 23.0 Å². The Bertz CT molecular complexity index is 947. The first-order valence-corrected chi connectivity index (χ1v) is 12.1. The van der Waals surface area contributed by atoms with Crippen molar-refractivity contribution >= 4 is 12.5 Å². The van der Waals surface area contributed by atoms with E-state index in [-0.39, 0.29) is 11.6 Å². The van der Waals surface area contributed by atoms with Crippen molar-refractivity contribution in [2.75, 3.05) is 0 Å². The molecule has 2 bridgehead atoms. The fourth-order valence-corrected chi connectivity index (χ4v) is 10.3. The number of allylic oxidation sites excluding steroid dienone is 1. The van der Waals surface area contributed by atoms with E-state index in [4.69, 9.17) is 5.73 Å². The molecule has 0 unspecified atom stereocenters. The fourth-order valence-electron chi connectivity index (χ4n) is 6.20. The summed E-state index contributed by atoms with van der Waals surface area (Å²) in [6, 6.07) is 20.6. The van der Waals surface area contributed by atoms with Crippen LogP contribution >= 0.6 is 7.14 Å². The average Bonchev–Trinajstić information content (AvgIpc) is 2.90. The van der Waals surface area contributed by atoms with Gasteiger partial charge in [-0.2, -0.15) is 0 Å². The third-order valence-electron chi connectivity index (χ3n) is 7.77. The lowest BCUT2D eigenvalue weighted by Crippen LogP contribution is -2.57. The second kappa shape index (κ2) is 5.85. The molecule has 5 atom stereocenters. The number of hydrogen-bond donors (Lipinski definition) is 1. The summed E-state index contributed by atoms with van der Waals surface area (Å²) in [6.45, 7) is 4.77. The van der Waals surface area contributed by atoms with Gasteiger partial charge in [-0.3, -0.25) is 0 Å².